The van der Waals surface area contributed by atoms with Crippen molar-refractivity contribution >= 4 is 53.3 Å². The van der Waals surface area contributed by atoms with E-state index in [1.54, 1.807) is 11.3 Å². The first kappa shape index (κ1) is 35.9. The summed E-state index contributed by atoms with van der Waals surface area (Å²) in [5.41, 5.74) is 13.2. The molecule has 0 amide bonds. The summed E-state index contributed by atoms with van der Waals surface area (Å²) in [6.45, 7) is 0. The van der Waals surface area contributed by atoms with Crippen LogP contribution in [0.25, 0.3) is 115 Å². The lowest BCUT2D eigenvalue weighted by molar-refractivity contribution is 1.08. The number of fused-ring (bicyclic) bond motifs is 6. The number of thiophene rings is 1. The fourth-order valence-corrected chi connectivity index (χ4v) is 10.1. The van der Waals surface area contributed by atoms with E-state index in [1.807, 2.05) is 36.4 Å². The molecule has 0 bridgehead atoms. The van der Waals surface area contributed by atoms with Gasteiger partial charge in [0, 0.05) is 53.3 Å². The SMILES string of the molecule is c1ccc(-c2cc(-c3ccccc3)cc(-c3cc(-c4nc(-c5ccccc5)nc(-c5ccccc5)n4)c4sc5cc6c(cc5c4c3)c3ccccc3n6-c3ccccc3)c2)cc1. The van der Waals surface area contributed by atoms with Gasteiger partial charge in [-0.1, -0.05) is 158 Å². The van der Waals surface area contributed by atoms with Gasteiger partial charge in [0.2, 0.25) is 0 Å². The minimum atomic E-state index is 0.639. The van der Waals surface area contributed by atoms with Crippen molar-refractivity contribution in [2.24, 2.45) is 0 Å². The first-order chi connectivity index (χ1) is 30.7. The third kappa shape index (κ3) is 6.26. The zero-order chi connectivity index (χ0) is 41.0. The molecule has 9 aromatic carbocycles. The zero-order valence-corrected chi connectivity index (χ0v) is 34.3. The average molecular weight is 809 g/mol. The highest BCUT2D eigenvalue weighted by Crippen LogP contribution is 2.46. The minimum Gasteiger partial charge on any atom is -0.309 e. The molecule has 0 radical (unpaired) electrons. The zero-order valence-electron chi connectivity index (χ0n) is 33.5. The second kappa shape index (κ2) is 14.9. The monoisotopic (exact) mass is 808 g/mol. The van der Waals surface area contributed by atoms with E-state index in [9.17, 15) is 0 Å². The molecule has 62 heavy (non-hydrogen) atoms. The molecule has 0 aliphatic carbocycles. The predicted octanol–water partition coefficient (Wildman–Crippen LogP) is 15.3. The van der Waals surface area contributed by atoms with Gasteiger partial charge in [-0.3, -0.25) is 0 Å². The molecule has 4 nitrogen and oxygen atoms in total. The normalized spacial score (nSPS) is 11.5. The Kier molecular flexibility index (Phi) is 8.65. The third-order valence-corrected chi connectivity index (χ3v) is 13.0. The van der Waals surface area contributed by atoms with Crippen LogP contribution in [0.2, 0.25) is 0 Å². The largest absolute Gasteiger partial charge is 0.309 e. The van der Waals surface area contributed by atoms with Crippen molar-refractivity contribution in [2.45, 2.75) is 0 Å². The molecule has 290 valence electrons. The second-order valence-corrected chi connectivity index (χ2v) is 16.7. The Morgan fingerprint density at radius 2 is 0.774 bits per heavy atom. The topological polar surface area (TPSA) is 43.6 Å². The number of hydrogen-bond acceptors (Lipinski definition) is 4. The van der Waals surface area contributed by atoms with Gasteiger partial charge >= 0.3 is 0 Å². The standard InChI is InChI=1S/C57H36N4S/c1-6-18-37(19-7-1)41-30-42(38-20-8-2-9-21-38)32-43(31-41)44-33-49-48-35-47-46-28-16-17-29-51(46)61(45-26-14-5-15-27-45)52(47)36-53(48)62-54(49)50(34-44)57-59-55(39-22-10-3-11-23-39)58-56(60-57)40-24-12-4-13-25-40/h1-36H. The van der Waals surface area contributed by atoms with Crippen molar-refractivity contribution in [3.05, 3.63) is 218 Å². The molecule has 12 aromatic rings. The number of rotatable bonds is 7. The maximum atomic E-state index is 5.30. The van der Waals surface area contributed by atoms with Gasteiger partial charge in [0.1, 0.15) is 0 Å². The number of aromatic nitrogens is 4. The van der Waals surface area contributed by atoms with Crippen molar-refractivity contribution < 1.29 is 0 Å². The van der Waals surface area contributed by atoms with Gasteiger partial charge in [-0.15, -0.1) is 11.3 Å². The Balaban J connectivity index is 1.18. The molecule has 0 saturated carbocycles. The molecule has 5 heteroatoms. The van der Waals surface area contributed by atoms with Gasteiger partial charge in [-0.2, -0.15) is 0 Å². The van der Waals surface area contributed by atoms with E-state index < -0.39 is 0 Å². The van der Waals surface area contributed by atoms with Crippen LogP contribution in [-0.4, -0.2) is 19.5 Å². The van der Waals surface area contributed by atoms with Crippen LogP contribution in [0.1, 0.15) is 0 Å². The lowest BCUT2D eigenvalue weighted by atomic mass is 9.92. The molecule has 3 aromatic heterocycles. The van der Waals surface area contributed by atoms with Gasteiger partial charge in [0.25, 0.3) is 0 Å². The summed E-state index contributed by atoms with van der Waals surface area (Å²) >= 11 is 1.81. The van der Waals surface area contributed by atoms with Crippen molar-refractivity contribution in [2.75, 3.05) is 0 Å². The smallest absolute Gasteiger partial charge is 0.165 e. The molecule has 0 aliphatic heterocycles. The summed E-state index contributed by atoms with van der Waals surface area (Å²) in [7, 11) is 0. The first-order valence-corrected chi connectivity index (χ1v) is 21.7. The molecule has 0 unspecified atom stereocenters. The average Bonchev–Trinajstić information content (AvgIpc) is 3.88. The van der Waals surface area contributed by atoms with Crippen molar-refractivity contribution in [1.29, 1.82) is 0 Å². The minimum absolute atomic E-state index is 0.639. The Labute approximate surface area is 362 Å². The summed E-state index contributed by atoms with van der Waals surface area (Å²) in [6, 6.07) is 77.6. The highest BCUT2D eigenvalue weighted by Gasteiger charge is 2.21. The molecular weight excluding hydrogens is 773 g/mol. The predicted molar refractivity (Wildman–Crippen MR) is 260 cm³/mol. The second-order valence-electron chi connectivity index (χ2n) is 15.6. The number of hydrogen-bond donors (Lipinski definition) is 0. The van der Waals surface area contributed by atoms with Crippen LogP contribution >= 0.6 is 11.3 Å². The van der Waals surface area contributed by atoms with Crippen LogP contribution < -0.4 is 0 Å². The van der Waals surface area contributed by atoms with E-state index in [2.05, 4.69) is 187 Å². The van der Waals surface area contributed by atoms with Gasteiger partial charge in [0.05, 0.1) is 11.0 Å². The molecule has 12 rings (SSSR count). The van der Waals surface area contributed by atoms with E-state index in [0.29, 0.717) is 17.5 Å². The molecule has 0 aliphatic rings. The van der Waals surface area contributed by atoms with Crippen molar-refractivity contribution in [1.82, 2.24) is 19.5 Å². The quantitative estimate of drug-likeness (QED) is 0.161. The van der Waals surface area contributed by atoms with E-state index >= 15 is 0 Å². The summed E-state index contributed by atoms with van der Waals surface area (Å²) in [5.74, 6) is 1.92. The van der Waals surface area contributed by atoms with E-state index in [-0.39, 0.29) is 0 Å². The molecule has 0 saturated heterocycles. The summed E-state index contributed by atoms with van der Waals surface area (Å²) in [4.78, 5) is 15.7. The van der Waals surface area contributed by atoms with Crippen LogP contribution in [-0.2, 0) is 0 Å². The third-order valence-electron chi connectivity index (χ3n) is 11.8. The fourth-order valence-electron chi connectivity index (χ4n) is 8.85. The van der Waals surface area contributed by atoms with Crippen LogP contribution in [0.4, 0.5) is 0 Å². The highest BCUT2D eigenvalue weighted by atomic mass is 32.1. The van der Waals surface area contributed by atoms with Crippen LogP contribution in [0.15, 0.2) is 218 Å². The van der Waals surface area contributed by atoms with E-state index in [4.69, 9.17) is 15.0 Å². The molecule has 3 heterocycles. The Bertz CT molecular complexity index is 3480. The van der Waals surface area contributed by atoms with E-state index in [1.165, 1.54) is 48.4 Å². The first-order valence-electron chi connectivity index (χ1n) is 20.8. The van der Waals surface area contributed by atoms with Gasteiger partial charge in [-0.05, 0) is 94.0 Å². The van der Waals surface area contributed by atoms with Gasteiger partial charge in [0.15, 0.2) is 17.5 Å². The van der Waals surface area contributed by atoms with Crippen LogP contribution in [0.5, 0.6) is 0 Å². The number of benzene rings is 9. The lowest BCUT2D eigenvalue weighted by Crippen LogP contribution is -2.00. The van der Waals surface area contributed by atoms with Crippen LogP contribution in [0.3, 0.4) is 0 Å². The molecular formula is C57H36N4S. The Morgan fingerprint density at radius 3 is 1.35 bits per heavy atom. The highest BCUT2D eigenvalue weighted by molar-refractivity contribution is 7.26. The number of para-hydroxylation sites is 2. The Hall–Kier alpha value is -7.99. The summed E-state index contributed by atoms with van der Waals surface area (Å²) < 4.78 is 4.74. The fraction of sp³-hybridized carbons (Fsp3) is 0. The van der Waals surface area contributed by atoms with Crippen molar-refractivity contribution in [3.8, 4) is 73.2 Å². The lowest BCUT2D eigenvalue weighted by Gasteiger charge is -2.14. The molecule has 0 atom stereocenters. The molecule has 0 fully saturated rings. The van der Waals surface area contributed by atoms with Crippen LogP contribution in [0, 0.1) is 0 Å². The summed E-state index contributed by atoms with van der Waals surface area (Å²) in [6.07, 6.45) is 0. The maximum absolute atomic E-state index is 5.30. The van der Waals surface area contributed by atoms with E-state index in [0.717, 1.165) is 49.3 Å². The van der Waals surface area contributed by atoms with Gasteiger partial charge < -0.3 is 4.57 Å². The maximum Gasteiger partial charge on any atom is 0.165 e. The molecule has 0 N–H and O–H groups in total. The Morgan fingerprint density at radius 1 is 0.306 bits per heavy atom. The molecule has 0 spiro atoms. The summed E-state index contributed by atoms with van der Waals surface area (Å²) in [5, 5.41) is 4.83. The van der Waals surface area contributed by atoms with Gasteiger partial charge in [-0.25, -0.2) is 15.0 Å². The number of nitrogens with zero attached hydrogens (tertiary/aromatic N) is 4. The van der Waals surface area contributed by atoms with Crippen molar-refractivity contribution in [3.63, 3.8) is 0 Å².